The van der Waals surface area contributed by atoms with Crippen LogP contribution in [-0.4, -0.2) is 37.2 Å². The molecule has 29 heavy (non-hydrogen) atoms. The molecule has 3 rings (SSSR count). The minimum atomic E-state index is -0.601. The zero-order chi connectivity index (χ0) is 21.2. The highest BCUT2D eigenvalue weighted by atomic mass is 16.6. The predicted molar refractivity (Wildman–Crippen MR) is 106 cm³/mol. The third kappa shape index (κ3) is 4.74. The largest absolute Gasteiger partial charge is 0.482 e. The molecule has 0 spiro atoms. The van der Waals surface area contributed by atoms with Crippen molar-refractivity contribution in [3.63, 3.8) is 0 Å². The standard InChI is InChI=1S/C22H23NO6/c1-22(2,3)29-21(26)15-7-5-6-14(10-15)12-23-17-11-16(20(25)27-4)8-9-18(17)28-13-19(23)24/h5-11H,12-13H2,1-4H3. The van der Waals surface area contributed by atoms with Crippen LogP contribution in [0.15, 0.2) is 42.5 Å². The smallest absolute Gasteiger partial charge is 0.338 e. The number of hydrogen-bond donors (Lipinski definition) is 0. The highest BCUT2D eigenvalue weighted by Crippen LogP contribution is 2.34. The molecule has 0 fully saturated rings. The van der Waals surface area contributed by atoms with Crippen molar-refractivity contribution in [3.8, 4) is 5.75 Å². The number of fused-ring (bicyclic) bond motifs is 1. The van der Waals surface area contributed by atoms with Crippen LogP contribution in [-0.2, 0) is 20.8 Å². The molecule has 0 aromatic heterocycles. The molecule has 152 valence electrons. The minimum Gasteiger partial charge on any atom is -0.482 e. The molecule has 0 bridgehead atoms. The normalized spacial score (nSPS) is 13.4. The van der Waals surface area contributed by atoms with Crippen molar-refractivity contribution >= 4 is 23.5 Å². The lowest BCUT2D eigenvalue weighted by atomic mass is 10.1. The molecule has 2 aromatic rings. The fourth-order valence-electron chi connectivity index (χ4n) is 2.94. The quantitative estimate of drug-likeness (QED) is 0.736. The van der Waals surface area contributed by atoms with Gasteiger partial charge in [-0.1, -0.05) is 12.1 Å². The number of hydrogen-bond acceptors (Lipinski definition) is 6. The molecule has 7 heteroatoms. The van der Waals surface area contributed by atoms with E-state index in [0.717, 1.165) is 5.56 Å². The number of anilines is 1. The first kappa shape index (κ1) is 20.4. The van der Waals surface area contributed by atoms with E-state index in [0.29, 0.717) is 22.6 Å². The molecule has 0 N–H and O–H groups in total. The van der Waals surface area contributed by atoms with Crippen LogP contribution >= 0.6 is 0 Å². The van der Waals surface area contributed by atoms with Crippen molar-refractivity contribution in [2.75, 3.05) is 18.6 Å². The number of nitrogens with zero attached hydrogens (tertiary/aromatic N) is 1. The molecule has 0 saturated carbocycles. The molecule has 0 radical (unpaired) electrons. The number of esters is 2. The first-order valence-electron chi connectivity index (χ1n) is 9.16. The Balaban J connectivity index is 1.89. The third-order valence-corrected chi connectivity index (χ3v) is 4.23. The number of carbonyl (C=O) groups excluding carboxylic acids is 3. The Morgan fingerprint density at radius 1 is 1.07 bits per heavy atom. The minimum absolute atomic E-state index is 0.101. The summed E-state index contributed by atoms with van der Waals surface area (Å²) in [5, 5.41) is 0. The Hall–Kier alpha value is -3.35. The summed E-state index contributed by atoms with van der Waals surface area (Å²) < 4.78 is 15.6. The summed E-state index contributed by atoms with van der Waals surface area (Å²) in [5.41, 5.74) is 1.35. The zero-order valence-corrected chi connectivity index (χ0v) is 16.9. The van der Waals surface area contributed by atoms with Crippen LogP contribution in [0.1, 0.15) is 47.1 Å². The van der Waals surface area contributed by atoms with Crippen molar-refractivity contribution in [1.82, 2.24) is 0 Å². The Kier molecular flexibility index (Phi) is 5.59. The van der Waals surface area contributed by atoms with E-state index in [1.807, 2.05) is 6.07 Å². The molecule has 7 nitrogen and oxygen atoms in total. The maximum absolute atomic E-state index is 12.5. The van der Waals surface area contributed by atoms with E-state index in [4.69, 9.17) is 14.2 Å². The second-order valence-corrected chi connectivity index (χ2v) is 7.64. The maximum Gasteiger partial charge on any atom is 0.338 e. The van der Waals surface area contributed by atoms with Crippen molar-refractivity contribution in [3.05, 3.63) is 59.2 Å². The van der Waals surface area contributed by atoms with Gasteiger partial charge in [-0.15, -0.1) is 0 Å². The van der Waals surface area contributed by atoms with Gasteiger partial charge in [0.25, 0.3) is 5.91 Å². The van der Waals surface area contributed by atoms with E-state index in [2.05, 4.69) is 0 Å². The molecular formula is C22H23NO6. The van der Waals surface area contributed by atoms with E-state index in [9.17, 15) is 14.4 Å². The fraction of sp³-hybridized carbons (Fsp3) is 0.318. The topological polar surface area (TPSA) is 82.1 Å². The second kappa shape index (κ2) is 7.95. The van der Waals surface area contributed by atoms with Gasteiger partial charge >= 0.3 is 11.9 Å². The molecule has 0 aliphatic carbocycles. The zero-order valence-electron chi connectivity index (χ0n) is 16.9. The summed E-state index contributed by atoms with van der Waals surface area (Å²) >= 11 is 0. The van der Waals surface area contributed by atoms with Crippen LogP contribution in [0.3, 0.4) is 0 Å². The summed E-state index contributed by atoms with van der Waals surface area (Å²) in [4.78, 5) is 38.2. The maximum atomic E-state index is 12.5. The lowest BCUT2D eigenvalue weighted by Crippen LogP contribution is -2.38. The molecule has 0 atom stereocenters. The third-order valence-electron chi connectivity index (χ3n) is 4.23. The summed E-state index contributed by atoms with van der Waals surface area (Å²) in [5.74, 6) is -0.679. The molecule has 1 heterocycles. The van der Waals surface area contributed by atoms with Crippen molar-refractivity contribution in [2.24, 2.45) is 0 Å². The molecule has 1 aliphatic heterocycles. The van der Waals surface area contributed by atoms with Gasteiger partial charge in [0, 0.05) is 0 Å². The number of carbonyl (C=O) groups is 3. The number of amides is 1. The second-order valence-electron chi connectivity index (χ2n) is 7.64. The van der Waals surface area contributed by atoms with Crippen LogP contribution in [0, 0.1) is 0 Å². The lowest BCUT2D eigenvalue weighted by molar-refractivity contribution is -0.121. The first-order valence-corrected chi connectivity index (χ1v) is 9.16. The molecule has 0 saturated heterocycles. The molecule has 1 amide bonds. The van der Waals surface area contributed by atoms with E-state index >= 15 is 0 Å². The van der Waals surface area contributed by atoms with Gasteiger partial charge in [-0.3, -0.25) is 4.79 Å². The van der Waals surface area contributed by atoms with E-state index in [1.54, 1.807) is 57.2 Å². The average molecular weight is 397 g/mol. The van der Waals surface area contributed by atoms with Gasteiger partial charge in [0.1, 0.15) is 11.4 Å². The van der Waals surface area contributed by atoms with E-state index < -0.39 is 17.5 Å². The summed E-state index contributed by atoms with van der Waals surface area (Å²) in [7, 11) is 1.30. The van der Waals surface area contributed by atoms with Gasteiger partial charge in [0.2, 0.25) is 0 Å². The Morgan fingerprint density at radius 2 is 1.79 bits per heavy atom. The number of ether oxygens (including phenoxy) is 3. The van der Waals surface area contributed by atoms with Crippen molar-refractivity contribution < 1.29 is 28.6 Å². The van der Waals surface area contributed by atoms with Crippen LogP contribution in [0.5, 0.6) is 5.75 Å². The van der Waals surface area contributed by atoms with Crippen LogP contribution in [0.25, 0.3) is 0 Å². The summed E-state index contributed by atoms with van der Waals surface area (Å²) in [6, 6.07) is 11.7. The summed E-state index contributed by atoms with van der Waals surface area (Å²) in [6.07, 6.45) is 0. The monoisotopic (exact) mass is 397 g/mol. The number of benzene rings is 2. The molecule has 0 unspecified atom stereocenters. The molecular weight excluding hydrogens is 374 g/mol. The SMILES string of the molecule is COC(=O)c1ccc2c(c1)N(Cc1cccc(C(=O)OC(C)(C)C)c1)C(=O)CO2. The molecule has 2 aromatic carbocycles. The molecule has 1 aliphatic rings. The van der Waals surface area contributed by atoms with Gasteiger partial charge in [-0.2, -0.15) is 0 Å². The van der Waals surface area contributed by atoms with Gasteiger partial charge in [0.05, 0.1) is 30.5 Å². The van der Waals surface area contributed by atoms with Gasteiger partial charge in [-0.25, -0.2) is 9.59 Å². The van der Waals surface area contributed by atoms with Crippen molar-refractivity contribution in [1.29, 1.82) is 0 Å². The van der Waals surface area contributed by atoms with Gasteiger partial charge < -0.3 is 19.1 Å². The van der Waals surface area contributed by atoms with Crippen LogP contribution in [0.4, 0.5) is 5.69 Å². The fourth-order valence-corrected chi connectivity index (χ4v) is 2.94. The van der Waals surface area contributed by atoms with Crippen LogP contribution < -0.4 is 9.64 Å². The van der Waals surface area contributed by atoms with Crippen molar-refractivity contribution in [2.45, 2.75) is 32.9 Å². The Labute approximate surface area is 169 Å². The lowest BCUT2D eigenvalue weighted by Gasteiger charge is -2.30. The highest BCUT2D eigenvalue weighted by molar-refractivity contribution is 6.00. The van der Waals surface area contributed by atoms with E-state index in [1.165, 1.54) is 12.0 Å². The first-order chi connectivity index (χ1) is 13.7. The predicted octanol–water partition coefficient (Wildman–Crippen LogP) is 3.35. The van der Waals surface area contributed by atoms with Gasteiger partial charge in [-0.05, 0) is 56.7 Å². The highest BCUT2D eigenvalue weighted by Gasteiger charge is 2.27. The Bertz CT molecular complexity index is 960. The van der Waals surface area contributed by atoms with E-state index in [-0.39, 0.29) is 19.1 Å². The number of methoxy groups -OCH3 is 1. The number of rotatable bonds is 4. The Morgan fingerprint density at radius 3 is 2.48 bits per heavy atom. The summed E-state index contributed by atoms with van der Waals surface area (Å²) in [6.45, 7) is 5.53. The van der Waals surface area contributed by atoms with Crippen LogP contribution in [0.2, 0.25) is 0 Å². The average Bonchev–Trinajstić information content (AvgIpc) is 2.68. The van der Waals surface area contributed by atoms with Gasteiger partial charge in [0.15, 0.2) is 6.61 Å².